The number of aryl methyl sites for hydroxylation is 3. The van der Waals surface area contributed by atoms with Crippen LogP contribution < -0.4 is 9.47 Å². The molecule has 1 aliphatic rings. The summed E-state index contributed by atoms with van der Waals surface area (Å²) >= 11 is 0. The Balaban J connectivity index is 1.68. The normalized spacial score (nSPS) is 17.4. The van der Waals surface area contributed by atoms with Gasteiger partial charge < -0.3 is 9.47 Å². The van der Waals surface area contributed by atoms with Gasteiger partial charge in [-0.1, -0.05) is 13.0 Å². The van der Waals surface area contributed by atoms with E-state index in [1.165, 1.54) is 0 Å². The first-order chi connectivity index (χ1) is 15.0. The maximum Gasteiger partial charge on any atom is 0.219 e. The first-order valence-electron chi connectivity index (χ1n) is 10.6. The van der Waals surface area contributed by atoms with Crippen molar-refractivity contribution < 1.29 is 9.47 Å². The highest BCUT2D eigenvalue weighted by atomic mass is 16.5. The average Bonchev–Trinajstić information content (AvgIpc) is 3.42. The molecule has 0 radical (unpaired) electrons. The van der Waals surface area contributed by atoms with Gasteiger partial charge in [-0.15, -0.1) is 0 Å². The highest BCUT2D eigenvalue weighted by molar-refractivity contribution is 5.93. The fourth-order valence-electron chi connectivity index (χ4n) is 4.00. The summed E-state index contributed by atoms with van der Waals surface area (Å²) in [5, 5.41) is 17.7. The fourth-order valence-corrected chi connectivity index (χ4v) is 4.00. The lowest BCUT2D eigenvalue weighted by Crippen LogP contribution is -2.18. The molecule has 4 aromatic rings. The Hall–Kier alpha value is -3.55. The van der Waals surface area contributed by atoms with Gasteiger partial charge in [0.05, 0.1) is 40.8 Å². The van der Waals surface area contributed by atoms with Crippen LogP contribution in [0.15, 0.2) is 24.4 Å². The molecule has 1 atom stereocenters. The first kappa shape index (κ1) is 19.4. The standard InChI is InChI=1S/C23H26N6O2/c1-5-19-16-7-9-21-17-12-15(6-8-20(17)25-26-21)18-13-24-28(3)22(18)30-11-10-14(2)31-23(16)29(4)27-19/h6-9,12-14H,5,10-11H2,1-4H3,(H,25,26)/b9-7+. The fraction of sp³-hybridized carbons (Fsp3) is 0.348. The van der Waals surface area contributed by atoms with E-state index in [1.54, 1.807) is 4.68 Å². The van der Waals surface area contributed by atoms with Gasteiger partial charge in [0.1, 0.15) is 6.10 Å². The summed E-state index contributed by atoms with van der Waals surface area (Å²) < 4.78 is 16.0. The van der Waals surface area contributed by atoms with Crippen LogP contribution in [-0.2, 0) is 20.5 Å². The molecule has 3 aromatic heterocycles. The van der Waals surface area contributed by atoms with Crippen molar-refractivity contribution in [3.05, 3.63) is 41.3 Å². The maximum atomic E-state index is 6.31. The van der Waals surface area contributed by atoms with E-state index in [9.17, 15) is 0 Å². The third-order valence-corrected chi connectivity index (χ3v) is 5.71. The van der Waals surface area contributed by atoms with Gasteiger partial charge in [0.25, 0.3) is 0 Å². The molecule has 31 heavy (non-hydrogen) atoms. The zero-order chi connectivity index (χ0) is 21.5. The molecule has 0 amide bonds. The number of benzene rings is 1. The molecule has 0 fully saturated rings. The first-order valence-corrected chi connectivity index (χ1v) is 10.6. The second-order valence-electron chi connectivity index (χ2n) is 7.90. The van der Waals surface area contributed by atoms with Crippen LogP contribution in [0.2, 0.25) is 0 Å². The van der Waals surface area contributed by atoms with Crippen LogP contribution in [0.4, 0.5) is 0 Å². The quantitative estimate of drug-likeness (QED) is 0.506. The number of nitrogens with one attached hydrogen (secondary N) is 1. The predicted molar refractivity (Wildman–Crippen MR) is 120 cm³/mol. The van der Waals surface area contributed by atoms with Gasteiger partial charge in [-0.05, 0) is 43.2 Å². The van der Waals surface area contributed by atoms with Crippen LogP contribution in [0, 0.1) is 0 Å². The molecule has 1 unspecified atom stereocenters. The minimum absolute atomic E-state index is 0.0334. The van der Waals surface area contributed by atoms with E-state index >= 15 is 0 Å². The summed E-state index contributed by atoms with van der Waals surface area (Å²) in [6.07, 6.45) is 7.49. The highest BCUT2D eigenvalue weighted by Crippen LogP contribution is 2.33. The molecule has 8 heteroatoms. The Morgan fingerprint density at radius 2 is 2.03 bits per heavy atom. The van der Waals surface area contributed by atoms with E-state index in [4.69, 9.17) is 9.47 Å². The highest BCUT2D eigenvalue weighted by Gasteiger charge is 2.19. The van der Waals surface area contributed by atoms with Crippen molar-refractivity contribution in [1.82, 2.24) is 29.8 Å². The zero-order valence-electron chi connectivity index (χ0n) is 18.2. The lowest BCUT2D eigenvalue weighted by Gasteiger charge is -2.16. The van der Waals surface area contributed by atoms with Crippen LogP contribution >= 0.6 is 0 Å². The van der Waals surface area contributed by atoms with Gasteiger partial charge in [0.15, 0.2) is 0 Å². The van der Waals surface area contributed by atoms with Crippen LogP contribution in [0.1, 0.15) is 37.2 Å². The number of ether oxygens (including phenoxy) is 2. The van der Waals surface area contributed by atoms with Crippen molar-refractivity contribution in [1.29, 1.82) is 0 Å². The number of aromatic amines is 1. The van der Waals surface area contributed by atoms with E-state index in [0.29, 0.717) is 6.61 Å². The third kappa shape index (κ3) is 3.37. The monoisotopic (exact) mass is 418 g/mol. The van der Waals surface area contributed by atoms with Crippen molar-refractivity contribution in [3.8, 4) is 22.9 Å². The topological polar surface area (TPSA) is 82.8 Å². The van der Waals surface area contributed by atoms with Crippen molar-refractivity contribution in [2.45, 2.75) is 32.8 Å². The summed E-state index contributed by atoms with van der Waals surface area (Å²) in [6, 6.07) is 6.20. The van der Waals surface area contributed by atoms with Gasteiger partial charge in [-0.2, -0.15) is 15.3 Å². The van der Waals surface area contributed by atoms with Gasteiger partial charge >= 0.3 is 0 Å². The lowest BCUT2D eigenvalue weighted by molar-refractivity contribution is 0.161. The Kier molecular flexibility index (Phi) is 4.77. The number of aromatic nitrogens is 6. The number of fused-ring (bicyclic) bond motifs is 4. The third-order valence-electron chi connectivity index (χ3n) is 5.71. The van der Waals surface area contributed by atoms with Crippen LogP contribution in [-0.4, -0.2) is 42.5 Å². The number of rotatable bonds is 1. The number of nitrogens with zero attached hydrogens (tertiary/aromatic N) is 5. The molecule has 8 nitrogen and oxygen atoms in total. The summed E-state index contributed by atoms with van der Waals surface area (Å²) in [4.78, 5) is 0. The van der Waals surface area contributed by atoms with Crippen LogP contribution in [0.25, 0.3) is 34.2 Å². The summed E-state index contributed by atoms with van der Waals surface area (Å²) in [5.74, 6) is 1.51. The van der Waals surface area contributed by atoms with Gasteiger partial charge in [-0.25, -0.2) is 9.36 Å². The van der Waals surface area contributed by atoms with Gasteiger partial charge in [0, 0.05) is 25.9 Å². The van der Waals surface area contributed by atoms with Crippen molar-refractivity contribution in [3.63, 3.8) is 0 Å². The van der Waals surface area contributed by atoms with Crippen LogP contribution in [0.5, 0.6) is 11.8 Å². The molecule has 160 valence electrons. The van der Waals surface area contributed by atoms with E-state index < -0.39 is 0 Å². The molecule has 0 saturated heterocycles. The number of hydrogen-bond acceptors (Lipinski definition) is 5. The molecule has 5 rings (SSSR count). The molecule has 1 aliphatic heterocycles. The largest absolute Gasteiger partial charge is 0.477 e. The molecular formula is C23H26N6O2. The molecule has 0 spiro atoms. The Morgan fingerprint density at radius 3 is 2.87 bits per heavy atom. The smallest absolute Gasteiger partial charge is 0.219 e. The molecule has 1 aromatic carbocycles. The van der Waals surface area contributed by atoms with Crippen molar-refractivity contribution in [2.24, 2.45) is 14.1 Å². The van der Waals surface area contributed by atoms with Gasteiger partial charge in [-0.3, -0.25) is 5.10 Å². The summed E-state index contributed by atoms with van der Waals surface area (Å²) in [7, 11) is 3.81. The Morgan fingerprint density at radius 1 is 1.16 bits per heavy atom. The van der Waals surface area contributed by atoms with E-state index in [1.807, 2.05) is 37.1 Å². The SMILES string of the molecule is CCc1nn(C)c2c1/C=C/c1[nH]nc3ccc(cc13)-c1cnn(C)c1OCCC(C)O2. The Labute approximate surface area is 180 Å². The van der Waals surface area contributed by atoms with E-state index in [0.717, 1.165) is 63.6 Å². The second kappa shape index (κ2) is 7.61. The minimum atomic E-state index is -0.0334. The van der Waals surface area contributed by atoms with Crippen molar-refractivity contribution >= 4 is 23.1 Å². The predicted octanol–water partition coefficient (Wildman–Crippen LogP) is 3.98. The van der Waals surface area contributed by atoms with Crippen LogP contribution in [0.3, 0.4) is 0 Å². The van der Waals surface area contributed by atoms with Crippen molar-refractivity contribution in [2.75, 3.05) is 6.61 Å². The van der Waals surface area contributed by atoms with E-state index in [-0.39, 0.29) is 6.10 Å². The zero-order valence-corrected chi connectivity index (χ0v) is 18.2. The lowest BCUT2D eigenvalue weighted by atomic mass is 10.0. The molecule has 1 N–H and O–H groups in total. The van der Waals surface area contributed by atoms with Gasteiger partial charge in [0.2, 0.25) is 11.8 Å². The summed E-state index contributed by atoms with van der Waals surface area (Å²) in [5.41, 5.74) is 5.85. The number of H-pyrrole nitrogens is 1. The molecular weight excluding hydrogens is 392 g/mol. The molecule has 0 saturated carbocycles. The number of hydrogen-bond donors (Lipinski definition) is 1. The Bertz CT molecular complexity index is 1280. The average molecular weight is 419 g/mol. The van der Waals surface area contributed by atoms with E-state index in [2.05, 4.69) is 52.5 Å². The second-order valence-corrected chi connectivity index (χ2v) is 7.90. The minimum Gasteiger partial charge on any atom is -0.477 e. The molecule has 4 heterocycles. The molecule has 2 bridgehead atoms. The summed E-state index contributed by atoms with van der Waals surface area (Å²) in [6.45, 7) is 4.68. The molecule has 0 aliphatic carbocycles. The maximum absolute atomic E-state index is 6.31.